The van der Waals surface area contributed by atoms with Crippen LogP contribution in [0.3, 0.4) is 0 Å². The lowest BCUT2D eigenvalue weighted by atomic mass is 10.1. The van der Waals surface area contributed by atoms with E-state index in [1.165, 1.54) is 6.07 Å². The summed E-state index contributed by atoms with van der Waals surface area (Å²) in [7, 11) is 0. The standard InChI is InChI=1S/C25H31FO4/c1-5-6-7-14-28-23-22(25(23,3)4)24(27)29-16-18-9-11-19(12-10-18)30-21-13-8-17(2)15-20(21)26/h8-13,15,22-23H,5-7,14,16H2,1-4H3. The minimum atomic E-state index is -0.397. The zero-order valence-electron chi connectivity index (χ0n) is 18.2. The number of ether oxygens (including phenoxy) is 3. The normalized spacial score (nSPS) is 19.4. The van der Waals surface area contributed by atoms with Crippen LogP contribution >= 0.6 is 0 Å². The Morgan fingerprint density at radius 2 is 1.83 bits per heavy atom. The Balaban J connectivity index is 1.48. The number of benzene rings is 2. The van der Waals surface area contributed by atoms with E-state index in [0.717, 1.165) is 30.4 Å². The van der Waals surface area contributed by atoms with Crippen LogP contribution < -0.4 is 4.74 Å². The number of esters is 1. The first-order chi connectivity index (χ1) is 14.3. The number of hydrogen-bond donors (Lipinski definition) is 0. The monoisotopic (exact) mass is 414 g/mol. The van der Waals surface area contributed by atoms with Crippen molar-refractivity contribution in [2.75, 3.05) is 6.61 Å². The van der Waals surface area contributed by atoms with E-state index in [4.69, 9.17) is 14.2 Å². The maximum Gasteiger partial charge on any atom is 0.312 e. The molecule has 0 aromatic heterocycles. The molecule has 3 rings (SSSR count). The molecule has 0 amide bonds. The summed E-state index contributed by atoms with van der Waals surface area (Å²) in [5, 5.41) is 0. The lowest BCUT2D eigenvalue weighted by molar-refractivity contribution is -0.148. The van der Waals surface area contributed by atoms with Crippen LogP contribution in [0.15, 0.2) is 42.5 Å². The molecule has 0 radical (unpaired) electrons. The van der Waals surface area contributed by atoms with Gasteiger partial charge in [0, 0.05) is 12.0 Å². The zero-order chi connectivity index (χ0) is 21.7. The summed E-state index contributed by atoms with van der Waals surface area (Å²) in [5.74, 6) is -0.127. The molecule has 0 bridgehead atoms. The van der Waals surface area contributed by atoms with Gasteiger partial charge >= 0.3 is 5.97 Å². The van der Waals surface area contributed by atoms with E-state index in [1.807, 2.05) is 32.9 Å². The van der Waals surface area contributed by atoms with Crippen molar-refractivity contribution < 1.29 is 23.4 Å². The average Bonchev–Trinajstić information content (AvgIpc) is 3.27. The summed E-state index contributed by atoms with van der Waals surface area (Å²) >= 11 is 0. The minimum Gasteiger partial charge on any atom is -0.461 e. The molecule has 162 valence electrons. The van der Waals surface area contributed by atoms with Crippen LogP contribution in [0.1, 0.15) is 51.2 Å². The fourth-order valence-electron chi connectivity index (χ4n) is 3.61. The van der Waals surface area contributed by atoms with Crippen LogP contribution in [-0.4, -0.2) is 18.7 Å². The third-order valence-electron chi connectivity index (χ3n) is 5.65. The highest BCUT2D eigenvalue weighted by molar-refractivity contribution is 5.78. The van der Waals surface area contributed by atoms with E-state index in [1.54, 1.807) is 24.3 Å². The molecule has 1 fully saturated rings. The van der Waals surface area contributed by atoms with Gasteiger partial charge in [0.25, 0.3) is 0 Å². The second kappa shape index (κ2) is 9.61. The van der Waals surface area contributed by atoms with Crippen LogP contribution in [0.4, 0.5) is 4.39 Å². The Kier molecular flexibility index (Phi) is 7.14. The number of unbranched alkanes of at least 4 members (excludes halogenated alkanes) is 2. The molecule has 0 spiro atoms. The molecule has 1 aliphatic carbocycles. The summed E-state index contributed by atoms with van der Waals surface area (Å²) in [5.41, 5.74) is 1.50. The summed E-state index contributed by atoms with van der Waals surface area (Å²) in [4.78, 5) is 12.5. The fraction of sp³-hybridized carbons (Fsp3) is 0.480. The number of hydrogen-bond acceptors (Lipinski definition) is 4. The van der Waals surface area contributed by atoms with Gasteiger partial charge < -0.3 is 14.2 Å². The van der Waals surface area contributed by atoms with Crippen molar-refractivity contribution in [3.8, 4) is 11.5 Å². The summed E-state index contributed by atoms with van der Waals surface area (Å²) in [6, 6.07) is 11.9. The minimum absolute atomic E-state index is 0.0676. The predicted molar refractivity (Wildman–Crippen MR) is 114 cm³/mol. The van der Waals surface area contributed by atoms with Crippen LogP contribution in [0.5, 0.6) is 11.5 Å². The Labute approximate surface area is 178 Å². The van der Waals surface area contributed by atoms with E-state index in [9.17, 15) is 9.18 Å². The molecule has 2 aromatic rings. The lowest BCUT2D eigenvalue weighted by Crippen LogP contribution is -2.12. The Bertz CT molecular complexity index is 860. The van der Waals surface area contributed by atoms with E-state index in [0.29, 0.717) is 12.4 Å². The van der Waals surface area contributed by atoms with Crippen molar-refractivity contribution in [2.45, 2.75) is 59.7 Å². The first kappa shape index (κ1) is 22.3. The zero-order valence-corrected chi connectivity index (χ0v) is 18.2. The van der Waals surface area contributed by atoms with Crippen molar-refractivity contribution in [2.24, 2.45) is 11.3 Å². The number of halogens is 1. The molecule has 1 aliphatic rings. The number of rotatable bonds is 10. The van der Waals surface area contributed by atoms with Gasteiger partial charge in [0.2, 0.25) is 0 Å². The summed E-state index contributed by atoms with van der Waals surface area (Å²) in [6.45, 7) is 8.94. The van der Waals surface area contributed by atoms with Crippen molar-refractivity contribution in [3.05, 3.63) is 59.4 Å². The molecule has 1 saturated carbocycles. The summed E-state index contributed by atoms with van der Waals surface area (Å²) < 4.78 is 30.9. The van der Waals surface area contributed by atoms with Gasteiger partial charge in [-0.05, 0) is 48.7 Å². The van der Waals surface area contributed by atoms with Gasteiger partial charge in [-0.15, -0.1) is 0 Å². The van der Waals surface area contributed by atoms with E-state index < -0.39 is 5.82 Å². The molecular formula is C25H31FO4. The van der Waals surface area contributed by atoms with Crippen LogP contribution in [-0.2, 0) is 20.9 Å². The highest BCUT2D eigenvalue weighted by Crippen LogP contribution is 2.54. The van der Waals surface area contributed by atoms with Crippen molar-refractivity contribution in [1.82, 2.24) is 0 Å². The number of aryl methyl sites for hydroxylation is 1. The molecule has 2 unspecified atom stereocenters. The van der Waals surface area contributed by atoms with Gasteiger partial charge in [0.05, 0.1) is 12.0 Å². The maximum atomic E-state index is 13.9. The maximum absolute atomic E-state index is 13.9. The van der Waals surface area contributed by atoms with Crippen LogP contribution in [0, 0.1) is 24.1 Å². The molecule has 0 saturated heterocycles. The molecule has 30 heavy (non-hydrogen) atoms. The van der Waals surface area contributed by atoms with E-state index in [-0.39, 0.29) is 35.8 Å². The van der Waals surface area contributed by atoms with Crippen LogP contribution in [0.25, 0.3) is 0 Å². The highest BCUT2D eigenvalue weighted by Gasteiger charge is 2.64. The highest BCUT2D eigenvalue weighted by atomic mass is 19.1. The van der Waals surface area contributed by atoms with E-state index >= 15 is 0 Å². The molecular weight excluding hydrogens is 383 g/mol. The molecule has 0 heterocycles. The first-order valence-corrected chi connectivity index (χ1v) is 10.6. The van der Waals surface area contributed by atoms with Gasteiger partial charge in [0.1, 0.15) is 12.4 Å². The Morgan fingerprint density at radius 3 is 2.50 bits per heavy atom. The second-order valence-electron chi connectivity index (χ2n) is 8.59. The Morgan fingerprint density at radius 1 is 1.10 bits per heavy atom. The first-order valence-electron chi connectivity index (χ1n) is 10.6. The molecule has 2 atom stereocenters. The summed E-state index contributed by atoms with van der Waals surface area (Å²) in [6.07, 6.45) is 3.23. The van der Waals surface area contributed by atoms with Gasteiger partial charge in [-0.3, -0.25) is 4.79 Å². The SMILES string of the molecule is CCCCCOC1C(C(=O)OCc2ccc(Oc3ccc(C)cc3F)cc2)C1(C)C. The molecule has 5 heteroatoms. The number of carbonyl (C=O) groups excluding carboxylic acids is 1. The van der Waals surface area contributed by atoms with Gasteiger partial charge in [-0.1, -0.05) is 51.8 Å². The molecule has 4 nitrogen and oxygen atoms in total. The molecule has 0 aliphatic heterocycles. The third-order valence-corrected chi connectivity index (χ3v) is 5.65. The largest absolute Gasteiger partial charge is 0.461 e. The third kappa shape index (κ3) is 5.39. The van der Waals surface area contributed by atoms with Gasteiger partial charge in [0.15, 0.2) is 11.6 Å². The van der Waals surface area contributed by atoms with Crippen molar-refractivity contribution in [1.29, 1.82) is 0 Å². The average molecular weight is 415 g/mol. The topological polar surface area (TPSA) is 44.8 Å². The fourth-order valence-corrected chi connectivity index (χ4v) is 3.61. The van der Waals surface area contributed by atoms with Gasteiger partial charge in [-0.25, -0.2) is 4.39 Å². The van der Waals surface area contributed by atoms with E-state index in [2.05, 4.69) is 6.92 Å². The molecule has 2 aromatic carbocycles. The van der Waals surface area contributed by atoms with Gasteiger partial charge in [-0.2, -0.15) is 0 Å². The van der Waals surface area contributed by atoms with Crippen molar-refractivity contribution >= 4 is 5.97 Å². The lowest BCUT2D eigenvalue weighted by Gasteiger charge is -2.09. The van der Waals surface area contributed by atoms with Crippen molar-refractivity contribution in [3.63, 3.8) is 0 Å². The predicted octanol–water partition coefficient (Wildman–Crippen LogP) is 6.20. The Hall–Kier alpha value is -2.40. The smallest absolute Gasteiger partial charge is 0.312 e. The van der Waals surface area contributed by atoms with Crippen LogP contribution in [0.2, 0.25) is 0 Å². The quantitative estimate of drug-likeness (QED) is 0.343. The number of carbonyl (C=O) groups is 1. The second-order valence-corrected chi connectivity index (χ2v) is 8.59. The molecule has 0 N–H and O–H groups in total.